The monoisotopic (exact) mass is 501 g/mol. The molecule has 0 aliphatic carbocycles. The van der Waals surface area contributed by atoms with Gasteiger partial charge in [0.1, 0.15) is 11.5 Å². The molecule has 2 aromatic carbocycles. The van der Waals surface area contributed by atoms with Crippen molar-refractivity contribution in [3.63, 3.8) is 0 Å². The molecule has 1 aliphatic rings. The van der Waals surface area contributed by atoms with Crippen molar-refractivity contribution >= 4 is 58.2 Å². The number of thioether (sulfide) groups is 1. The number of esters is 1. The predicted octanol–water partition coefficient (Wildman–Crippen LogP) is 6.67. The van der Waals surface area contributed by atoms with Gasteiger partial charge >= 0.3 is 5.97 Å². The summed E-state index contributed by atoms with van der Waals surface area (Å²) in [5.41, 5.74) is 1.79. The van der Waals surface area contributed by atoms with Crippen LogP contribution in [0.15, 0.2) is 63.9 Å². The fourth-order valence-electron chi connectivity index (χ4n) is 3.19. The van der Waals surface area contributed by atoms with Crippen molar-refractivity contribution in [1.82, 2.24) is 4.90 Å². The van der Waals surface area contributed by atoms with Crippen molar-refractivity contribution in [3.8, 4) is 11.3 Å². The summed E-state index contributed by atoms with van der Waals surface area (Å²) >= 11 is 12.8. The Labute approximate surface area is 204 Å². The Balaban J connectivity index is 1.52. The first kappa shape index (κ1) is 23.2. The van der Waals surface area contributed by atoms with Crippen molar-refractivity contribution in [2.45, 2.75) is 13.5 Å². The highest BCUT2D eigenvalue weighted by atomic mass is 35.5. The van der Waals surface area contributed by atoms with Crippen LogP contribution in [0, 0.1) is 0 Å². The van der Waals surface area contributed by atoms with Crippen LogP contribution in [0.25, 0.3) is 17.4 Å². The Hall–Kier alpha value is -3.00. The van der Waals surface area contributed by atoms with Crippen molar-refractivity contribution in [1.29, 1.82) is 0 Å². The summed E-state index contributed by atoms with van der Waals surface area (Å²) in [5, 5.41) is 0.369. The number of benzene rings is 2. The summed E-state index contributed by atoms with van der Waals surface area (Å²) in [5.74, 6) is 0.0918. The molecule has 33 heavy (non-hydrogen) atoms. The highest BCUT2D eigenvalue weighted by Gasteiger charge is 2.35. The van der Waals surface area contributed by atoms with E-state index in [9.17, 15) is 14.4 Å². The maximum absolute atomic E-state index is 12.8. The first-order valence-corrected chi connectivity index (χ1v) is 11.5. The molecule has 1 aliphatic heterocycles. The second-order valence-electron chi connectivity index (χ2n) is 7.02. The Kier molecular flexibility index (Phi) is 6.93. The zero-order chi connectivity index (χ0) is 23.5. The molecule has 4 rings (SSSR count). The SMILES string of the molecule is CCOC(=O)c1cccc(-c2ccc(/C=C3\SC(=O)N(Cc4ccc(Cl)c(Cl)c4)C3=O)o2)c1. The van der Waals surface area contributed by atoms with Gasteiger partial charge in [0.05, 0.1) is 33.7 Å². The van der Waals surface area contributed by atoms with Gasteiger partial charge in [-0.2, -0.15) is 0 Å². The first-order valence-electron chi connectivity index (χ1n) is 9.92. The van der Waals surface area contributed by atoms with E-state index in [-0.39, 0.29) is 23.3 Å². The topological polar surface area (TPSA) is 76.8 Å². The average Bonchev–Trinajstić information content (AvgIpc) is 3.37. The number of hydrogen-bond acceptors (Lipinski definition) is 6. The van der Waals surface area contributed by atoms with Crippen molar-refractivity contribution in [2.75, 3.05) is 6.61 Å². The molecule has 1 fully saturated rings. The van der Waals surface area contributed by atoms with Gasteiger partial charge in [0.2, 0.25) is 0 Å². The molecular formula is C24H17Cl2NO5S. The van der Waals surface area contributed by atoms with Crippen molar-refractivity contribution < 1.29 is 23.5 Å². The Bertz CT molecular complexity index is 1280. The van der Waals surface area contributed by atoms with E-state index < -0.39 is 11.9 Å². The molecule has 0 atom stereocenters. The molecule has 0 radical (unpaired) electrons. The molecule has 2 heterocycles. The Morgan fingerprint density at radius 1 is 1.09 bits per heavy atom. The predicted molar refractivity (Wildman–Crippen MR) is 128 cm³/mol. The lowest BCUT2D eigenvalue weighted by Crippen LogP contribution is -2.27. The zero-order valence-corrected chi connectivity index (χ0v) is 19.7. The lowest BCUT2D eigenvalue weighted by molar-refractivity contribution is -0.123. The van der Waals surface area contributed by atoms with E-state index >= 15 is 0 Å². The Morgan fingerprint density at radius 3 is 2.67 bits per heavy atom. The van der Waals surface area contributed by atoms with Gasteiger partial charge in [-0.3, -0.25) is 14.5 Å². The number of imide groups is 1. The molecule has 168 valence electrons. The number of ether oxygens (including phenoxy) is 1. The molecule has 0 spiro atoms. The lowest BCUT2D eigenvalue weighted by atomic mass is 10.1. The van der Waals surface area contributed by atoms with Crippen LogP contribution >= 0.6 is 35.0 Å². The van der Waals surface area contributed by atoms with Crippen molar-refractivity contribution in [2.24, 2.45) is 0 Å². The van der Waals surface area contributed by atoms with Crippen LogP contribution in [0.1, 0.15) is 28.6 Å². The van der Waals surface area contributed by atoms with Gasteiger partial charge in [0, 0.05) is 11.6 Å². The molecule has 0 saturated carbocycles. The van der Waals surface area contributed by atoms with E-state index in [0.717, 1.165) is 16.7 Å². The minimum absolute atomic E-state index is 0.0863. The number of furan rings is 1. The highest BCUT2D eigenvalue weighted by Crippen LogP contribution is 2.35. The van der Waals surface area contributed by atoms with Crippen LogP contribution in [-0.4, -0.2) is 28.6 Å². The van der Waals surface area contributed by atoms with Crippen LogP contribution < -0.4 is 0 Å². The van der Waals surface area contributed by atoms with Gasteiger partial charge in [0.25, 0.3) is 11.1 Å². The largest absolute Gasteiger partial charge is 0.462 e. The van der Waals surface area contributed by atoms with Gasteiger partial charge in [-0.1, -0.05) is 41.4 Å². The summed E-state index contributed by atoms with van der Waals surface area (Å²) in [6.45, 7) is 2.11. The quantitative estimate of drug-likeness (QED) is 0.277. The first-order chi connectivity index (χ1) is 15.9. The summed E-state index contributed by atoms with van der Waals surface area (Å²) in [4.78, 5) is 38.6. The minimum Gasteiger partial charge on any atom is -0.462 e. The van der Waals surface area contributed by atoms with Gasteiger partial charge < -0.3 is 9.15 Å². The molecule has 3 aromatic rings. The molecule has 6 nitrogen and oxygen atoms in total. The van der Waals surface area contributed by atoms with E-state index in [1.54, 1.807) is 61.5 Å². The van der Waals surface area contributed by atoms with Gasteiger partial charge in [-0.25, -0.2) is 4.79 Å². The number of halogens is 2. The molecule has 1 aromatic heterocycles. The van der Waals surface area contributed by atoms with Crippen LogP contribution in [0.2, 0.25) is 10.0 Å². The van der Waals surface area contributed by atoms with E-state index in [2.05, 4.69) is 0 Å². The second kappa shape index (κ2) is 9.87. The third-order valence-electron chi connectivity index (χ3n) is 4.76. The summed E-state index contributed by atoms with van der Waals surface area (Å²) in [6, 6.07) is 15.3. The maximum Gasteiger partial charge on any atom is 0.338 e. The summed E-state index contributed by atoms with van der Waals surface area (Å²) in [7, 11) is 0. The van der Waals surface area contributed by atoms with Gasteiger partial charge in [-0.05, 0) is 60.6 Å². The molecule has 2 amide bonds. The fraction of sp³-hybridized carbons (Fsp3) is 0.125. The third kappa shape index (κ3) is 5.16. The number of amides is 2. The average molecular weight is 502 g/mol. The van der Waals surface area contributed by atoms with E-state index in [1.807, 2.05) is 0 Å². The normalized spacial score (nSPS) is 14.9. The number of rotatable bonds is 6. The van der Waals surface area contributed by atoms with Crippen LogP contribution in [0.3, 0.4) is 0 Å². The van der Waals surface area contributed by atoms with Crippen molar-refractivity contribution in [3.05, 3.63) is 86.4 Å². The van der Waals surface area contributed by atoms with Gasteiger partial charge in [0.15, 0.2) is 0 Å². The maximum atomic E-state index is 12.8. The zero-order valence-electron chi connectivity index (χ0n) is 17.3. The second-order valence-corrected chi connectivity index (χ2v) is 8.83. The molecule has 0 N–H and O–H groups in total. The third-order valence-corrected chi connectivity index (χ3v) is 6.40. The number of carbonyl (C=O) groups is 3. The number of nitrogens with zero attached hydrogens (tertiary/aromatic N) is 1. The van der Waals surface area contributed by atoms with Gasteiger partial charge in [-0.15, -0.1) is 0 Å². The highest BCUT2D eigenvalue weighted by molar-refractivity contribution is 8.18. The van der Waals surface area contributed by atoms with Crippen LogP contribution in [0.5, 0.6) is 0 Å². The summed E-state index contributed by atoms with van der Waals surface area (Å²) < 4.78 is 10.9. The minimum atomic E-state index is -0.418. The number of carbonyl (C=O) groups excluding carboxylic acids is 3. The smallest absolute Gasteiger partial charge is 0.338 e. The van der Waals surface area contributed by atoms with Crippen LogP contribution in [0.4, 0.5) is 4.79 Å². The fourth-order valence-corrected chi connectivity index (χ4v) is 4.32. The lowest BCUT2D eigenvalue weighted by Gasteiger charge is -2.12. The molecule has 0 bridgehead atoms. The molecule has 9 heteroatoms. The summed E-state index contributed by atoms with van der Waals surface area (Å²) in [6.07, 6.45) is 1.53. The van der Waals surface area contributed by atoms with Crippen LogP contribution in [-0.2, 0) is 16.1 Å². The standard InChI is InChI=1S/C24H17Cl2NO5S/c1-2-31-23(29)16-5-3-4-15(11-16)20-9-7-17(32-20)12-21-22(28)27(24(30)33-21)13-14-6-8-18(25)19(26)10-14/h3-12H,2,13H2,1H3/b21-12-. The van der Waals surface area contributed by atoms with E-state index in [1.165, 1.54) is 6.08 Å². The van der Waals surface area contributed by atoms with E-state index in [0.29, 0.717) is 38.3 Å². The molecular weight excluding hydrogens is 485 g/mol. The van der Waals surface area contributed by atoms with E-state index in [4.69, 9.17) is 32.4 Å². The number of hydrogen-bond donors (Lipinski definition) is 0. The molecule has 1 saturated heterocycles. The Morgan fingerprint density at radius 2 is 1.91 bits per heavy atom. The molecule has 0 unspecified atom stereocenters.